The highest BCUT2D eigenvalue weighted by Crippen LogP contribution is 2.28. The molecule has 138 valence electrons. The summed E-state index contributed by atoms with van der Waals surface area (Å²) in [6.07, 6.45) is 1.46. The first-order valence-corrected chi connectivity index (χ1v) is 7.65. The van der Waals surface area contributed by atoms with Crippen molar-refractivity contribution in [1.82, 2.24) is 20.2 Å². The molecule has 3 aromatic rings. The quantitative estimate of drug-likeness (QED) is 0.489. The topological polar surface area (TPSA) is 134 Å². The zero-order valence-corrected chi connectivity index (χ0v) is 14.1. The Bertz CT molecular complexity index is 942. The predicted octanol–water partition coefficient (Wildman–Crippen LogP) is 1.60. The number of tetrazole rings is 1. The number of nitro benzene ring substituents is 1. The number of nitrogens with zero attached hydrogens (tertiary/aromatic N) is 5. The van der Waals surface area contributed by atoms with Crippen LogP contribution in [0.1, 0.15) is 0 Å². The Morgan fingerprint density at radius 2 is 2.04 bits per heavy atom. The fraction of sp³-hybridized carbons (Fsp3) is 0.125. The van der Waals surface area contributed by atoms with Gasteiger partial charge in [0.1, 0.15) is 17.8 Å². The molecule has 11 nitrogen and oxygen atoms in total. The van der Waals surface area contributed by atoms with Crippen molar-refractivity contribution >= 4 is 17.3 Å². The van der Waals surface area contributed by atoms with E-state index in [0.29, 0.717) is 11.4 Å². The normalized spacial score (nSPS) is 10.3. The minimum absolute atomic E-state index is 0.135. The number of carbonyl (C=O) groups excluding carboxylic acids is 1. The van der Waals surface area contributed by atoms with Crippen LogP contribution in [0.25, 0.3) is 5.69 Å². The lowest BCUT2D eigenvalue weighted by Crippen LogP contribution is -2.20. The van der Waals surface area contributed by atoms with E-state index in [1.54, 1.807) is 24.3 Å². The maximum Gasteiger partial charge on any atom is 0.273 e. The third-order valence-electron chi connectivity index (χ3n) is 3.49. The lowest BCUT2D eigenvalue weighted by Gasteiger charge is -2.11. The van der Waals surface area contributed by atoms with Crippen LogP contribution in [0.3, 0.4) is 0 Å². The Morgan fingerprint density at radius 3 is 2.67 bits per heavy atom. The van der Waals surface area contributed by atoms with Gasteiger partial charge in [0.05, 0.1) is 29.5 Å². The number of aromatic nitrogens is 4. The van der Waals surface area contributed by atoms with Crippen LogP contribution < -0.4 is 14.8 Å². The van der Waals surface area contributed by atoms with E-state index in [1.807, 2.05) is 0 Å². The molecule has 2 aromatic carbocycles. The Morgan fingerprint density at radius 1 is 1.26 bits per heavy atom. The molecule has 0 fully saturated rings. The van der Waals surface area contributed by atoms with Crippen molar-refractivity contribution in [1.29, 1.82) is 0 Å². The second kappa shape index (κ2) is 7.91. The number of carbonyl (C=O) groups is 1. The van der Waals surface area contributed by atoms with Crippen LogP contribution in [-0.4, -0.2) is 44.8 Å². The first-order valence-electron chi connectivity index (χ1n) is 7.65. The average Bonchev–Trinajstić information content (AvgIpc) is 3.21. The molecule has 0 spiro atoms. The molecule has 1 heterocycles. The highest BCUT2D eigenvalue weighted by molar-refractivity contribution is 5.93. The van der Waals surface area contributed by atoms with Crippen LogP contribution in [0.2, 0.25) is 0 Å². The summed E-state index contributed by atoms with van der Waals surface area (Å²) < 4.78 is 12.0. The summed E-state index contributed by atoms with van der Waals surface area (Å²) in [6, 6.07) is 10.7. The van der Waals surface area contributed by atoms with Crippen molar-refractivity contribution in [3.63, 3.8) is 0 Å². The summed E-state index contributed by atoms with van der Waals surface area (Å²) in [5.74, 6) is 0.229. The Kier molecular flexibility index (Phi) is 5.21. The zero-order valence-electron chi connectivity index (χ0n) is 14.1. The fourth-order valence-electron chi connectivity index (χ4n) is 2.21. The summed E-state index contributed by atoms with van der Waals surface area (Å²) in [5, 5.41) is 24.2. The van der Waals surface area contributed by atoms with Gasteiger partial charge < -0.3 is 14.8 Å². The SMILES string of the molecule is COc1cc([N+](=O)[O-])ccc1NC(=O)COc1ccc(-n2cnnn2)cc1. The molecule has 11 heteroatoms. The molecule has 0 radical (unpaired) electrons. The number of hydrogen-bond acceptors (Lipinski definition) is 8. The van der Waals surface area contributed by atoms with Gasteiger partial charge in [-0.15, -0.1) is 5.10 Å². The highest BCUT2D eigenvalue weighted by Gasteiger charge is 2.13. The first kappa shape index (κ1) is 17.8. The van der Waals surface area contributed by atoms with Gasteiger partial charge in [0.15, 0.2) is 6.61 Å². The number of non-ortho nitro benzene ring substituents is 1. The van der Waals surface area contributed by atoms with Gasteiger partial charge in [-0.2, -0.15) is 0 Å². The number of anilines is 1. The Hall–Kier alpha value is -4.02. The first-order chi connectivity index (χ1) is 13.1. The lowest BCUT2D eigenvalue weighted by atomic mass is 10.2. The largest absolute Gasteiger partial charge is 0.494 e. The van der Waals surface area contributed by atoms with Crippen LogP contribution in [0.5, 0.6) is 11.5 Å². The number of ether oxygens (including phenoxy) is 2. The van der Waals surface area contributed by atoms with Crippen molar-refractivity contribution in [2.24, 2.45) is 0 Å². The lowest BCUT2D eigenvalue weighted by molar-refractivity contribution is -0.384. The maximum atomic E-state index is 12.1. The third kappa shape index (κ3) is 4.34. The second-order valence-corrected chi connectivity index (χ2v) is 5.23. The van der Waals surface area contributed by atoms with Crippen molar-refractivity contribution in [3.05, 3.63) is 58.9 Å². The molecular weight excluding hydrogens is 356 g/mol. The number of benzene rings is 2. The standard InChI is InChI=1S/C16H14N6O5/c1-26-15-8-12(22(24)25)4-7-14(15)18-16(23)9-27-13-5-2-11(3-6-13)21-10-17-19-20-21/h2-8,10H,9H2,1H3,(H,18,23). The average molecular weight is 370 g/mol. The van der Waals surface area contributed by atoms with Crippen LogP contribution >= 0.6 is 0 Å². The van der Waals surface area contributed by atoms with Gasteiger partial charge in [-0.05, 0) is 40.8 Å². The number of nitrogens with one attached hydrogen (secondary N) is 1. The van der Waals surface area contributed by atoms with Crippen molar-refractivity contribution in [3.8, 4) is 17.2 Å². The Balaban J connectivity index is 1.59. The van der Waals surface area contributed by atoms with Gasteiger partial charge in [-0.1, -0.05) is 0 Å². The van der Waals surface area contributed by atoms with Crippen molar-refractivity contribution in [2.75, 3.05) is 19.0 Å². The zero-order chi connectivity index (χ0) is 19.2. The molecule has 0 saturated carbocycles. The molecule has 0 aliphatic heterocycles. The predicted molar refractivity (Wildman–Crippen MR) is 92.9 cm³/mol. The summed E-state index contributed by atoms with van der Waals surface area (Å²) in [7, 11) is 1.36. The van der Waals surface area contributed by atoms with Crippen molar-refractivity contribution in [2.45, 2.75) is 0 Å². The highest BCUT2D eigenvalue weighted by atomic mass is 16.6. The summed E-state index contributed by atoms with van der Waals surface area (Å²) in [4.78, 5) is 22.3. The monoisotopic (exact) mass is 370 g/mol. The van der Waals surface area contributed by atoms with E-state index in [2.05, 4.69) is 20.8 Å². The van der Waals surface area contributed by atoms with Crippen LogP contribution in [-0.2, 0) is 4.79 Å². The van der Waals surface area contributed by atoms with Crippen LogP contribution in [0, 0.1) is 10.1 Å². The van der Waals surface area contributed by atoms with E-state index in [4.69, 9.17) is 9.47 Å². The summed E-state index contributed by atoms with van der Waals surface area (Å²) in [5.41, 5.74) is 0.918. The van der Waals surface area contributed by atoms with Gasteiger partial charge in [0.25, 0.3) is 11.6 Å². The van der Waals surface area contributed by atoms with E-state index < -0.39 is 10.8 Å². The third-order valence-corrected chi connectivity index (χ3v) is 3.49. The van der Waals surface area contributed by atoms with Crippen LogP contribution in [0.15, 0.2) is 48.8 Å². The number of amides is 1. The van der Waals surface area contributed by atoms with Gasteiger partial charge in [-0.3, -0.25) is 14.9 Å². The van der Waals surface area contributed by atoms with E-state index in [1.165, 1.54) is 36.3 Å². The fourth-order valence-corrected chi connectivity index (χ4v) is 2.21. The number of rotatable bonds is 7. The molecule has 1 N–H and O–H groups in total. The number of hydrogen-bond donors (Lipinski definition) is 1. The molecule has 0 atom stereocenters. The molecule has 0 unspecified atom stereocenters. The van der Waals surface area contributed by atoms with Gasteiger partial charge in [0.2, 0.25) is 0 Å². The van der Waals surface area contributed by atoms with Crippen LogP contribution in [0.4, 0.5) is 11.4 Å². The van der Waals surface area contributed by atoms with Crippen molar-refractivity contribution < 1.29 is 19.2 Å². The number of methoxy groups -OCH3 is 1. The van der Waals surface area contributed by atoms with E-state index in [-0.39, 0.29) is 18.0 Å². The Labute approximate surface area is 152 Å². The van der Waals surface area contributed by atoms with Gasteiger partial charge >= 0.3 is 0 Å². The minimum Gasteiger partial charge on any atom is -0.494 e. The smallest absolute Gasteiger partial charge is 0.273 e. The van der Waals surface area contributed by atoms with E-state index in [0.717, 1.165) is 5.69 Å². The molecule has 0 saturated heterocycles. The molecular formula is C16H14N6O5. The molecule has 3 rings (SSSR count). The summed E-state index contributed by atoms with van der Waals surface area (Å²) in [6.45, 7) is -0.246. The maximum absolute atomic E-state index is 12.1. The van der Waals surface area contributed by atoms with Gasteiger partial charge in [-0.25, -0.2) is 4.68 Å². The number of nitro groups is 1. The van der Waals surface area contributed by atoms with E-state index in [9.17, 15) is 14.9 Å². The molecule has 0 bridgehead atoms. The minimum atomic E-state index is -0.545. The second-order valence-electron chi connectivity index (χ2n) is 5.23. The summed E-state index contributed by atoms with van der Waals surface area (Å²) >= 11 is 0. The molecule has 27 heavy (non-hydrogen) atoms. The molecule has 1 amide bonds. The molecule has 0 aliphatic carbocycles. The molecule has 0 aliphatic rings. The van der Waals surface area contributed by atoms with Gasteiger partial charge in [0, 0.05) is 6.07 Å². The van der Waals surface area contributed by atoms with E-state index >= 15 is 0 Å². The molecule has 1 aromatic heterocycles.